The van der Waals surface area contributed by atoms with Gasteiger partial charge in [-0.3, -0.25) is 14.8 Å². The number of rotatable bonds is 9. The van der Waals surface area contributed by atoms with Crippen LogP contribution in [-0.2, 0) is 17.6 Å². The van der Waals surface area contributed by atoms with Crippen LogP contribution >= 0.6 is 0 Å². The number of piperidine rings is 2. The fourth-order valence-electron chi connectivity index (χ4n) is 5.66. The van der Waals surface area contributed by atoms with Gasteiger partial charge in [-0.2, -0.15) is 0 Å². The number of nitrogens with one attached hydrogen (secondary N) is 1. The molecule has 228 valence electrons. The first kappa shape index (κ1) is 33.0. The van der Waals surface area contributed by atoms with E-state index in [1.54, 1.807) is 12.4 Å². The quantitative estimate of drug-likeness (QED) is 0.361. The molecule has 1 amide bonds. The highest BCUT2D eigenvalue weighted by molar-refractivity contribution is 5.81. The Balaban J connectivity index is 0.000000232. The van der Waals surface area contributed by atoms with Crippen molar-refractivity contribution in [3.8, 4) is 0 Å². The molecule has 0 aromatic carbocycles. The van der Waals surface area contributed by atoms with Gasteiger partial charge in [-0.1, -0.05) is 6.07 Å². The number of nitrogens with zero attached hydrogens (tertiary/aromatic N) is 4. The summed E-state index contributed by atoms with van der Waals surface area (Å²) in [5.41, 5.74) is 0.563. The summed E-state index contributed by atoms with van der Waals surface area (Å²) in [7, 11) is 0. The summed E-state index contributed by atoms with van der Waals surface area (Å²) in [5.74, 6) is -0.850. The van der Waals surface area contributed by atoms with Gasteiger partial charge in [0.25, 0.3) is 5.91 Å². The number of carbonyl (C=O) groups excluding carboxylic acids is 1. The average molecular weight is 574 g/mol. The predicted octanol–water partition coefficient (Wildman–Crippen LogP) is 2.34. The second-order valence-corrected chi connectivity index (χ2v) is 12.1. The van der Waals surface area contributed by atoms with E-state index in [0.717, 1.165) is 63.1 Å². The van der Waals surface area contributed by atoms with E-state index < -0.39 is 29.8 Å². The first-order chi connectivity index (χ1) is 19.4. The zero-order valence-electron chi connectivity index (χ0n) is 25.0. The lowest BCUT2D eigenvalue weighted by atomic mass is 9.82. The van der Waals surface area contributed by atoms with Gasteiger partial charge in [-0.15, -0.1) is 0 Å². The number of carbonyl (C=O) groups is 1. The molecule has 0 radical (unpaired) electrons. The number of aliphatic hydroxyl groups is 3. The molecule has 4 rings (SSSR count). The topological polar surface area (TPSA) is 122 Å². The number of halogens is 1. The molecule has 2 aliphatic rings. The maximum absolute atomic E-state index is 13.1. The smallest absolute Gasteiger partial charge is 0.251 e. The number of likely N-dealkylation sites (tertiary alicyclic amines) is 2. The molecule has 0 aliphatic carbocycles. The normalized spacial score (nSPS) is 19.9. The molecule has 10 heteroatoms. The molecular weight excluding hydrogens is 525 g/mol. The number of hydrogen-bond acceptors (Lipinski definition) is 8. The van der Waals surface area contributed by atoms with Crippen molar-refractivity contribution in [2.75, 3.05) is 32.8 Å². The molecule has 1 atom stereocenters. The Kier molecular flexibility index (Phi) is 12.2. The molecule has 0 bridgehead atoms. The number of amides is 1. The SMILES string of the molecule is CC(C)N1CCC(Cc2ccccn2)(NC(=O)C(O)CO)CC1.CC(C)N1CCC(O)(Cc2cncc(F)c2)CC1. The average Bonchev–Trinajstić information content (AvgIpc) is 2.93. The first-order valence-corrected chi connectivity index (χ1v) is 14.7. The van der Waals surface area contributed by atoms with E-state index in [2.05, 4.69) is 52.8 Å². The Morgan fingerprint density at radius 3 is 2.12 bits per heavy atom. The highest BCUT2D eigenvalue weighted by atomic mass is 19.1. The highest BCUT2D eigenvalue weighted by Gasteiger charge is 2.38. The maximum Gasteiger partial charge on any atom is 0.251 e. The molecule has 4 heterocycles. The summed E-state index contributed by atoms with van der Waals surface area (Å²) >= 11 is 0. The van der Waals surface area contributed by atoms with Crippen molar-refractivity contribution in [1.82, 2.24) is 25.1 Å². The Morgan fingerprint density at radius 2 is 1.61 bits per heavy atom. The van der Waals surface area contributed by atoms with Crippen LogP contribution in [0.5, 0.6) is 0 Å². The molecule has 2 aromatic heterocycles. The van der Waals surface area contributed by atoms with Crippen LogP contribution in [0, 0.1) is 5.82 Å². The third-order valence-corrected chi connectivity index (χ3v) is 8.35. The summed E-state index contributed by atoms with van der Waals surface area (Å²) in [5, 5.41) is 32.1. The Morgan fingerprint density at radius 1 is 1.00 bits per heavy atom. The minimum atomic E-state index is -1.38. The predicted molar refractivity (Wildman–Crippen MR) is 157 cm³/mol. The maximum atomic E-state index is 13.1. The van der Waals surface area contributed by atoms with E-state index in [4.69, 9.17) is 5.11 Å². The van der Waals surface area contributed by atoms with Crippen LogP contribution in [0.1, 0.15) is 64.6 Å². The standard InChI is InChI=1S/C17H27N3O3.C14H21FN2O/c1-13(2)20-9-6-17(7-10-20,19-16(23)15(22)12-21)11-14-5-3-4-8-18-14;1-11(2)17-5-3-14(18,4-6-17)8-12-7-13(15)10-16-9-12/h3-5,8,13,15,21-22H,6-7,9-12H2,1-2H3,(H,19,23);7,9-11,18H,3-6,8H2,1-2H3. The van der Waals surface area contributed by atoms with Gasteiger partial charge in [-0.25, -0.2) is 4.39 Å². The molecule has 1 unspecified atom stereocenters. The van der Waals surface area contributed by atoms with E-state index >= 15 is 0 Å². The van der Waals surface area contributed by atoms with Gasteiger partial charge >= 0.3 is 0 Å². The van der Waals surface area contributed by atoms with Crippen molar-refractivity contribution < 1.29 is 24.5 Å². The van der Waals surface area contributed by atoms with Crippen molar-refractivity contribution in [3.63, 3.8) is 0 Å². The van der Waals surface area contributed by atoms with Crippen LogP contribution in [0.25, 0.3) is 0 Å². The lowest BCUT2D eigenvalue weighted by Gasteiger charge is -2.44. The molecule has 2 aromatic rings. The summed E-state index contributed by atoms with van der Waals surface area (Å²) < 4.78 is 13.1. The molecule has 4 N–H and O–H groups in total. The largest absolute Gasteiger partial charge is 0.393 e. The van der Waals surface area contributed by atoms with E-state index in [1.165, 1.54) is 12.3 Å². The molecule has 41 heavy (non-hydrogen) atoms. The Hall–Kier alpha value is -2.50. The number of aromatic nitrogens is 2. The third kappa shape index (κ3) is 10.1. The minimum Gasteiger partial charge on any atom is -0.393 e. The third-order valence-electron chi connectivity index (χ3n) is 8.35. The van der Waals surface area contributed by atoms with Gasteiger partial charge < -0.3 is 30.4 Å². The second kappa shape index (κ2) is 15.1. The van der Waals surface area contributed by atoms with E-state index in [9.17, 15) is 19.4 Å². The van der Waals surface area contributed by atoms with Gasteiger partial charge in [0.2, 0.25) is 0 Å². The van der Waals surface area contributed by atoms with Crippen LogP contribution in [0.4, 0.5) is 4.39 Å². The van der Waals surface area contributed by atoms with Crippen LogP contribution in [0.2, 0.25) is 0 Å². The molecule has 2 fully saturated rings. The van der Waals surface area contributed by atoms with E-state index in [1.807, 2.05) is 18.2 Å². The van der Waals surface area contributed by atoms with Crippen LogP contribution in [0.3, 0.4) is 0 Å². The zero-order valence-corrected chi connectivity index (χ0v) is 25.0. The van der Waals surface area contributed by atoms with Gasteiger partial charge in [0.1, 0.15) is 5.82 Å². The lowest BCUT2D eigenvalue weighted by molar-refractivity contribution is -0.134. The fourth-order valence-corrected chi connectivity index (χ4v) is 5.66. The molecular formula is C31H48FN5O4. The minimum absolute atomic E-state index is 0.337. The molecule has 2 aliphatic heterocycles. The monoisotopic (exact) mass is 573 g/mol. The van der Waals surface area contributed by atoms with Crippen molar-refractivity contribution in [2.45, 2.75) is 95.5 Å². The summed E-state index contributed by atoms with van der Waals surface area (Å²) in [4.78, 5) is 25.0. The first-order valence-electron chi connectivity index (χ1n) is 14.7. The van der Waals surface area contributed by atoms with Gasteiger partial charge in [0, 0.05) is 74.7 Å². The Labute approximate surface area is 243 Å². The van der Waals surface area contributed by atoms with Gasteiger partial charge in [-0.05, 0) is 77.1 Å². The second-order valence-electron chi connectivity index (χ2n) is 12.1. The van der Waals surface area contributed by atoms with E-state index in [0.29, 0.717) is 24.9 Å². The lowest BCUT2D eigenvalue weighted by Crippen LogP contribution is -2.59. The number of hydrogen-bond donors (Lipinski definition) is 4. The molecule has 0 saturated carbocycles. The molecule has 9 nitrogen and oxygen atoms in total. The van der Waals surface area contributed by atoms with Crippen molar-refractivity contribution in [3.05, 3.63) is 59.9 Å². The fraction of sp³-hybridized carbons (Fsp3) is 0.645. The summed E-state index contributed by atoms with van der Waals surface area (Å²) in [6.45, 7) is 11.7. The summed E-state index contributed by atoms with van der Waals surface area (Å²) in [6, 6.07) is 8.20. The zero-order chi connectivity index (χ0) is 30.0. The summed E-state index contributed by atoms with van der Waals surface area (Å²) in [6.07, 6.45) is 7.38. The van der Waals surface area contributed by atoms with Crippen LogP contribution < -0.4 is 5.32 Å². The van der Waals surface area contributed by atoms with Crippen molar-refractivity contribution in [1.29, 1.82) is 0 Å². The van der Waals surface area contributed by atoms with Gasteiger partial charge in [0.15, 0.2) is 6.10 Å². The van der Waals surface area contributed by atoms with E-state index in [-0.39, 0.29) is 5.82 Å². The van der Waals surface area contributed by atoms with Crippen LogP contribution in [-0.4, -0.2) is 103 Å². The molecule has 0 spiro atoms. The van der Waals surface area contributed by atoms with Crippen molar-refractivity contribution in [2.24, 2.45) is 0 Å². The molecule has 2 saturated heterocycles. The van der Waals surface area contributed by atoms with Crippen molar-refractivity contribution >= 4 is 5.91 Å². The van der Waals surface area contributed by atoms with Gasteiger partial charge in [0.05, 0.1) is 18.4 Å². The highest BCUT2D eigenvalue weighted by Crippen LogP contribution is 2.28. The Bertz CT molecular complexity index is 1070. The van der Waals surface area contributed by atoms with Crippen LogP contribution in [0.15, 0.2) is 42.9 Å². The number of aliphatic hydroxyl groups excluding tert-OH is 2. The number of pyridine rings is 2.